The predicted molar refractivity (Wildman–Crippen MR) is 77.8 cm³/mol. The Bertz CT molecular complexity index is 307. The zero-order valence-electron chi connectivity index (χ0n) is 12.0. The fraction of sp³-hybridized carbons (Fsp3) is 0.625. The molecule has 0 saturated heterocycles. The molecule has 0 spiro atoms. The lowest BCUT2D eigenvalue weighted by Gasteiger charge is -2.12. The van der Waals surface area contributed by atoms with Crippen LogP contribution in [0.5, 0.6) is 0 Å². The highest BCUT2D eigenvalue weighted by Gasteiger charge is 2.01. The van der Waals surface area contributed by atoms with E-state index in [0.717, 1.165) is 32.5 Å². The zero-order chi connectivity index (χ0) is 13.2. The molecule has 2 heteroatoms. The van der Waals surface area contributed by atoms with Gasteiger partial charge in [0, 0.05) is 0 Å². The second-order valence-corrected chi connectivity index (χ2v) is 4.83. The average molecular weight is 249 g/mol. The summed E-state index contributed by atoms with van der Waals surface area (Å²) in [4.78, 5) is 0. The average Bonchev–Trinajstić information content (AvgIpc) is 2.38. The Labute approximate surface area is 112 Å². The van der Waals surface area contributed by atoms with Crippen LogP contribution in [0.1, 0.15) is 44.7 Å². The summed E-state index contributed by atoms with van der Waals surface area (Å²) >= 11 is 0. The molecule has 2 nitrogen and oxygen atoms in total. The van der Waals surface area contributed by atoms with Crippen molar-refractivity contribution in [2.45, 2.75) is 52.7 Å². The van der Waals surface area contributed by atoms with Crippen LogP contribution in [0.25, 0.3) is 0 Å². The number of ether oxygens (including phenoxy) is 1. The summed E-state index contributed by atoms with van der Waals surface area (Å²) in [7, 11) is 0. The van der Waals surface area contributed by atoms with Crippen molar-refractivity contribution in [3.8, 4) is 0 Å². The van der Waals surface area contributed by atoms with Crippen molar-refractivity contribution < 1.29 is 4.74 Å². The minimum absolute atomic E-state index is 0.364. The molecule has 0 aromatic heterocycles. The van der Waals surface area contributed by atoms with Gasteiger partial charge >= 0.3 is 0 Å². The largest absolute Gasteiger partial charge is 0.374 e. The molecule has 0 amide bonds. The van der Waals surface area contributed by atoms with E-state index in [1.165, 1.54) is 17.5 Å². The van der Waals surface area contributed by atoms with E-state index in [4.69, 9.17) is 4.74 Å². The van der Waals surface area contributed by atoms with Crippen LogP contribution in [0.3, 0.4) is 0 Å². The highest BCUT2D eigenvalue weighted by molar-refractivity contribution is 5.22. The third-order valence-electron chi connectivity index (χ3n) is 3.09. The van der Waals surface area contributed by atoms with Gasteiger partial charge in [0.1, 0.15) is 0 Å². The smallest absolute Gasteiger partial charge is 0.0720 e. The van der Waals surface area contributed by atoms with Gasteiger partial charge in [-0.25, -0.2) is 0 Å². The summed E-state index contributed by atoms with van der Waals surface area (Å²) in [5.41, 5.74) is 2.66. The van der Waals surface area contributed by atoms with Crippen molar-refractivity contribution >= 4 is 0 Å². The number of nitrogens with one attached hydrogen (secondary N) is 1. The topological polar surface area (TPSA) is 21.3 Å². The molecule has 18 heavy (non-hydrogen) atoms. The molecule has 0 radical (unpaired) electrons. The monoisotopic (exact) mass is 249 g/mol. The van der Waals surface area contributed by atoms with Crippen LogP contribution in [0, 0.1) is 0 Å². The maximum Gasteiger partial charge on any atom is 0.0720 e. The lowest BCUT2D eigenvalue weighted by atomic mass is 10.1. The number of benzene rings is 1. The summed E-state index contributed by atoms with van der Waals surface area (Å²) in [6.45, 7) is 9.31. The van der Waals surface area contributed by atoms with Crippen molar-refractivity contribution in [2.24, 2.45) is 0 Å². The summed E-state index contributed by atoms with van der Waals surface area (Å²) in [5, 5.41) is 3.34. The lowest BCUT2D eigenvalue weighted by molar-refractivity contribution is 0.0472. The van der Waals surface area contributed by atoms with Crippen molar-refractivity contribution in [3.05, 3.63) is 35.4 Å². The first-order valence-electron chi connectivity index (χ1n) is 7.16. The van der Waals surface area contributed by atoms with Crippen LogP contribution >= 0.6 is 0 Å². The molecule has 1 N–H and O–H groups in total. The van der Waals surface area contributed by atoms with Gasteiger partial charge in [-0.05, 0) is 44.0 Å². The van der Waals surface area contributed by atoms with Gasteiger partial charge in [0.15, 0.2) is 0 Å². The first-order chi connectivity index (χ1) is 8.76. The third kappa shape index (κ3) is 6.18. The van der Waals surface area contributed by atoms with Crippen LogP contribution in [0.2, 0.25) is 0 Å². The molecule has 1 aromatic carbocycles. The van der Waals surface area contributed by atoms with E-state index in [0.29, 0.717) is 6.10 Å². The molecule has 0 aliphatic heterocycles. The maximum absolute atomic E-state index is 5.79. The van der Waals surface area contributed by atoms with E-state index in [-0.39, 0.29) is 0 Å². The Kier molecular flexibility index (Phi) is 7.70. The van der Waals surface area contributed by atoms with E-state index in [2.05, 4.69) is 50.4 Å². The summed E-state index contributed by atoms with van der Waals surface area (Å²) in [6, 6.07) is 8.78. The van der Waals surface area contributed by atoms with E-state index in [1.54, 1.807) is 0 Å². The molecular weight excluding hydrogens is 222 g/mol. The molecule has 1 aromatic rings. The van der Waals surface area contributed by atoms with Crippen LogP contribution in [0.4, 0.5) is 0 Å². The molecule has 0 aliphatic rings. The van der Waals surface area contributed by atoms with Gasteiger partial charge in [0.2, 0.25) is 0 Å². The van der Waals surface area contributed by atoms with Crippen LogP contribution in [0.15, 0.2) is 24.3 Å². The van der Waals surface area contributed by atoms with Gasteiger partial charge in [-0.2, -0.15) is 0 Å². The van der Waals surface area contributed by atoms with E-state index < -0.39 is 0 Å². The van der Waals surface area contributed by atoms with Gasteiger partial charge in [0.25, 0.3) is 0 Å². The maximum atomic E-state index is 5.79. The molecular formula is C16H27NO. The quantitative estimate of drug-likeness (QED) is 0.676. The summed E-state index contributed by atoms with van der Waals surface area (Å²) in [6.07, 6.45) is 3.79. The lowest BCUT2D eigenvalue weighted by Crippen LogP contribution is -2.16. The number of rotatable bonds is 9. The Morgan fingerprint density at radius 1 is 1.11 bits per heavy atom. The molecule has 0 fully saturated rings. The highest BCUT2D eigenvalue weighted by Crippen LogP contribution is 2.09. The van der Waals surface area contributed by atoms with Crippen molar-refractivity contribution in [3.63, 3.8) is 0 Å². The fourth-order valence-corrected chi connectivity index (χ4v) is 1.94. The van der Waals surface area contributed by atoms with Gasteiger partial charge in [0.05, 0.1) is 12.7 Å². The molecule has 1 atom stereocenters. The molecule has 0 heterocycles. The first kappa shape index (κ1) is 15.2. The summed E-state index contributed by atoms with van der Waals surface area (Å²) < 4.78 is 5.79. The van der Waals surface area contributed by atoms with Crippen molar-refractivity contribution in [2.75, 3.05) is 13.1 Å². The van der Waals surface area contributed by atoms with Crippen LogP contribution in [-0.2, 0) is 17.8 Å². The number of hydrogen-bond donors (Lipinski definition) is 1. The SMILES string of the molecule is CCCC(C)OCc1ccc(CCNCC)cc1. The molecule has 1 rings (SSSR count). The molecule has 102 valence electrons. The first-order valence-corrected chi connectivity index (χ1v) is 7.16. The Balaban J connectivity index is 2.31. The Morgan fingerprint density at radius 2 is 1.78 bits per heavy atom. The second-order valence-electron chi connectivity index (χ2n) is 4.83. The fourth-order valence-electron chi connectivity index (χ4n) is 1.94. The Morgan fingerprint density at radius 3 is 2.39 bits per heavy atom. The minimum atomic E-state index is 0.364. The molecule has 1 unspecified atom stereocenters. The van der Waals surface area contributed by atoms with Gasteiger partial charge in [-0.3, -0.25) is 0 Å². The van der Waals surface area contributed by atoms with Gasteiger partial charge < -0.3 is 10.1 Å². The van der Waals surface area contributed by atoms with E-state index in [1.807, 2.05) is 0 Å². The molecule has 0 bridgehead atoms. The van der Waals surface area contributed by atoms with Crippen LogP contribution in [-0.4, -0.2) is 19.2 Å². The zero-order valence-corrected chi connectivity index (χ0v) is 12.0. The summed E-state index contributed by atoms with van der Waals surface area (Å²) in [5.74, 6) is 0. The Hall–Kier alpha value is -0.860. The highest BCUT2D eigenvalue weighted by atomic mass is 16.5. The third-order valence-corrected chi connectivity index (χ3v) is 3.09. The van der Waals surface area contributed by atoms with E-state index in [9.17, 15) is 0 Å². The second kappa shape index (κ2) is 9.12. The van der Waals surface area contributed by atoms with Crippen LogP contribution < -0.4 is 5.32 Å². The standard InChI is InChI=1S/C16H27NO/c1-4-6-14(3)18-13-16-9-7-15(8-10-16)11-12-17-5-2/h7-10,14,17H,4-6,11-13H2,1-3H3. The molecule has 0 aliphatic carbocycles. The molecule has 0 saturated carbocycles. The predicted octanol–water partition coefficient (Wildman–Crippen LogP) is 3.54. The van der Waals surface area contributed by atoms with Crippen molar-refractivity contribution in [1.29, 1.82) is 0 Å². The van der Waals surface area contributed by atoms with Crippen molar-refractivity contribution in [1.82, 2.24) is 5.32 Å². The van der Waals surface area contributed by atoms with Gasteiger partial charge in [-0.15, -0.1) is 0 Å². The minimum Gasteiger partial charge on any atom is -0.374 e. The van der Waals surface area contributed by atoms with Gasteiger partial charge in [-0.1, -0.05) is 44.5 Å². The number of hydrogen-bond acceptors (Lipinski definition) is 2. The normalized spacial score (nSPS) is 12.6. The number of likely N-dealkylation sites (N-methyl/N-ethyl adjacent to an activating group) is 1. The van der Waals surface area contributed by atoms with E-state index >= 15 is 0 Å².